The average Bonchev–Trinajstić information content (AvgIpc) is 3.10. The predicted octanol–water partition coefficient (Wildman–Crippen LogP) is 3.52. The molecule has 6 nitrogen and oxygen atoms in total. The van der Waals surface area contributed by atoms with Crippen molar-refractivity contribution in [1.29, 1.82) is 0 Å². The average molecular weight is 429 g/mol. The van der Waals surface area contributed by atoms with Gasteiger partial charge in [-0.15, -0.1) is 0 Å². The van der Waals surface area contributed by atoms with E-state index in [0.29, 0.717) is 25.3 Å². The van der Waals surface area contributed by atoms with E-state index in [4.69, 9.17) is 4.74 Å². The third-order valence-electron chi connectivity index (χ3n) is 6.26. The van der Waals surface area contributed by atoms with Crippen molar-refractivity contribution >= 4 is 11.8 Å². The molecule has 2 fully saturated rings. The highest BCUT2D eigenvalue weighted by molar-refractivity contribution is 5.96. The van der Waals surface area contributed by atoms with Gasteiger partial charge in [0.2, 0.25) is 11.8 Å². The molecule has 8 heteroatoms. The fourth-order valence-electron chi connectivity index (χ4n) is 4.24. The molecule has 1 aliphatic carbocycles. The van der Waals surface area contributed by atoms with E-state index in [2.05, 4.69) is 10.3 Å². The van der Waals surface area contributed by atoms with Gasteiger partial charge in [0.15, 0.2) is 0 Å². The summed E-state index contributed by atoms with van der Waals surface area (Å²) in [7, 11) is 1.48. The largest absolute Gasteiger partial charge is 0.481 e. The highest BCUT2D eigenvalue weighted by Crippen LogP contribution is 2.65. The molecule has 1 spiro atoms. The van der Waals surface area contributed by atoms with Gasteiger partial charge in [0.25, 0.3) is 11.8 Å². The molecule has 1 saturated carbocycles. The smallest absolute Gasteiger partial charge is 0.270 e. The molecule has 0 radical (unpaired) electrons. The topological polar surface area (TPSA) is 71.5 Å². The van der Waals surface area contributed by atoms with Gasteiger partial charge in [-0.05, 0) is 30.5 Å². The Kier molecular flexibility index (Phi) is 5.41. The number of likely N-dealkylation sites (tertiary alicyclic amines) is 1. The van der Waals surface area contributed by atoms with Crippen LogP contribution in [-0.2, 0) is 4.79 Å². The van der Waals surface area contributed by atoms with Crippen molar-refractivity contribution in [1.82, 2.24) is 15.2 Å². The van der Waals surface area contributed by atoms with Gasteiger partial charge in [0.05, 0.1) is 12.5 Å². The Morgan fingerprint density at radius 1 is 1.23 bits per heavy atom. The number of carbonyl (C=O) groups excluding carboxylic acids is 2. The number of hydrogen-bond donors (Lipinski definition) is 1. The number of benzene rings is 1. The maximum absolute atomic E-state index is 13.6. The van der Waals surface area contributed by atoms with Crippen LogP contribution in [0.25, 0.3) is 11.1 Å². The monoisotopic (exact) mass is 429 g/mol. The molecular weight excluding hydrogens is 404 g/mol. The molecule has 2 amide bonds. The van der Waals surface area contributed by atoms with E-state index < -0.39 is 23.3 Å². The van der Waals surface area contributed by atoms with Gasteiger partial charge in [-0.3, -0.25) is 9.59 Å². The van der Waals surface area contributed by atoms with Crippen molar-refractivity contribution in [2.24, 2.45) is 5.41 Å². The summed E-state index contributed by atoms with van der Waals surface area (Å²) in [5.41, 5.74) is 0.706. The molecule has 1 aliphatic heterocycles. The SMILES string of the molecule is CC[C@H](NC(=O)c1ccc(-c2ccccc2)c(OC)n1)C(=O)N1CC[C@]2(C1)CC2(F)F. The predicted molar refractivity (Wildman–Crippen MR) is 111 cm³/mol. The summed E-state index contributed by atoms with van der Waals surface area (Å²) in [6.45, 7) is 2.11. The Labute approximate surface area is 179 Å². The van der Waals surface area contributed by atoms with E-state index in [9.17, 15) is 18.4 Å². The van der Waals surface area contributed by atoms with Crippen LogP contribution in [0.15, 0.2) is 42.5 Å². The highest BCUT2D eigenvalue weighted by Gasteiger charge is 2.73. The first-order chi connectivity index (χ1) is 14.8. The Morgan fingerprint density at radius 3 is 2.52 bits per heavy atom. The number of carbonyl (C=O) groups is 2. The van der Waals surface area contributed by atoms with Gasteiger partial charge >= 0.3 is 0 Å². The maximum Gasteiger partial charge on any atom is 0.270 e. The van der Waals surface area contributed by atoms with Gasteiger partial charge in [0, 0.05) is 25.1 Å². The Morgan fingerprint density at radius 2 is 1.94 bits per heavy atom. The van der Waals surface area contributed by atoms with Crippen molar-refractivity contribution in [3.8, 4) is 17.0 Å². The van der Waals surface area contributed by atoms with Crippen molar-refractivity contribution in [3.63, 3.8) is 0 Å². The first-order valence-electron chi connectivity index (χ1n) is 10.4. The lowest BCUT2D eigenvalue weighted by molar-refractivity contribution is -0.132. The van der Waals surface area contributed by atoms with Crippen LogP contribution in [0.1, 0.15) is 36.7 Å². The second kappa shape index (κ2) is 7.90. The summed E-state index contributed by atoms with van der Waals surface area (Å²) in [4.78, 5) is 31.4. The summed E-state index contributed by atoms with van der Waals surface area (Å²) in [6.07, 6.45) is 0.490. The van der Waals surface area contributed by atoms with Crippen molar-refractivity contribution in [2.75, 3.05) is 20.2 Å². The standard InChI is InChI=1S/C23H25F2N3O3/c1-3-17(21(30)28-12-11-22(14-28)13-23(22,24)25)26-19(29)18-10-9-16(20(27-18)31-2)15-7-5-4-6-8-15/h4-10,17H,3,11-14H2,1-2H3,(H,26,29)/t17-,22+/m0/s1. The summed E-state index contributed by atoms with van der Waals surface area (Å²) < 4.78 is 32.6. The molecule has 2 aromatic rings. The molecule has 2 aliphatic rings. The van der Waals surface area contributed by atoms with Crippen LogP contribution in [0.2, 0.25) is 0 Å². The second-order valence-corrected chi connectivity index (χ2v) is 8.22. The Balaban J connectivity index is 1.46. The van der Waals surface area contributed by atoms with Crippen LogP contribution in [0, 0.1) is 5.41 Å². The van der Waals surface area contributed by atoms with E-state index in [1.807, 2.05) is 30.3 Å². The van der Waals surface area contributed by atoms with Gasteiger partial charge < -0.3 is 15.0 Å². The minimum absolute atomic E-state index is 0.0447. The van der Waals surface area contributed by atoms with Crippen LogP contribution in [0.3, 0.4) is 0 Å². The highest BCUT2D eigenvalue weighted by atomic mass is 19.3. The van der Waals surface area contributed by atoms with Crippen molar-refractivity contribution in [3.05, 3.63) is 48.2 Å². The zero-order valence-electron chi connectivity index (χ0n) is 17.5. The molecule has 1 saturated heterocycles. The number of rotatable bonds is 6. The number of halogens is 2. The summed E-state index contributed by atoms with van der Waals surface area (Å²) in [6, 6.07) is 12.1. The van der Waals surface area contributed by atoms with Gasteiger partial charge in [-0.25, -0.2) is 13.8 Å². The van der Waals surface area contributed by atoms with E-state index in [-0.39, 0.29) is 24.6 Å². The lowest BCUT2D eigenvalue weighted by Crippen LogP contribution is -2.48. The van der Waals surface area contributed by atoms with E-state index in [0.717, 1.165) is 11.1 Å². The lowest BCUT2D eigenvalue weighted by Gasteiger charge is -2.23. The molecule has 1 N–H and O–H groups in total. The number of aromatic nitrogens is 1. The zero-order chi connectivity index (χ0) is 22.2. The molecule has 1 aromatic heterocycles. The molecule has 0 unspecified atom stereocenters. The maximum atomic E-state index is 13.6. The number of ether oxygens (including phenoxy) is 1. The Bertz CT molecular complexity index is 999. The minimum Gasteiger partial charge on any atom is -0.481 e. The Hall–Kier alpha value is -3.03. The first-order valence-corrected chi connectivity index (χ1v) is 10.4. The minimum atomic E-state index is -2.69. The van der Waals surface area contributed by atoms with E-state index >= 15 is 0 Å². The van der Waals surface area contributed by atoms with Crippen molar-refractivity contribution in [2.45, 2.75) is 38.2 Å². The summed E-state index contributed by atoms with van der Waals surface area (Å²) in [5, 5.41) is 2.70. The molecule has 1 aromatic carbocycles. The normalized spacial score (nSPS) is 22.3. The third kappa shape index (κ3) is 3.86. The fraction of sp³-hybridized carbons (Fsp3) is 0.435. The molecule has 164 valence electrons. The lowest BCUT2D eigenvalue weighted by atomic mass is 10.1. The van der Waals surface area contributed by atoms with Crippen LogP contribution in [0.5, 0.6) is 5.88 Å². The van der Waals surface area contributed by atoms with Gasteiger partial charge in [-0.1, -0.05) is 37.3 Å². The van der Waals surface area contributed by atoms with Gasteiger partial charge in [0.1, 0.15) is 11.7 Å². The van der Waals surface area contributed by atoms with Crippen LogP contribution in [0.4, 0.5) is 8.78 Å². The summed E-state index contributed by atoms with van der Waals surface area (Å²) >= 11 is 0. The number of pyridine rings is 1. The van der Waals surface area contributed by atoms with Crippen molar-refractivity contribution < 1.29 is 23.1 Å². The molecular formula is C23H25F2N3O3. The van der Waals surface area contributed by atoms with Crippen LogP contribution < -0.4 is 10.1 Å². The number of alkyl halides is 2. The van der Waals surface area contributed by atoms with E-state index in [1.165, 1.54) is 12.0 Å². The number of amides is 2. The summed E-state index contributed by atoms with van der Waals surface area (Å²) in [5.74, 6) is -3.23. The molecule has 2 heterocycles. The van der Waals surface area contributed by atoms with Gasteiger partial charge in [-0.2, -0.15) is 0 Å². The van der Waals surface area contributed by atoms with Crippen LogP contribution in [-0.4, -0.2) is 53.9 Å². The molecule has 2 atom stereocenters. The number of methoxy groups -OCH3 is 1. The number of nitrogens with one attached hydrogen (secondary N) is 1. The molecule has 31 heavy (non-hydrogen) atoms. The van der Waals surface area contributed by atoms with Crippen LogP contribution >= 0.6 is 0 Å². The fourth-order valence-corrected chi connectivity index (χ4v) is 4.24. The quantitative estimate of drug-likeness (QED) is 0.763. The number of nitrogens with zero attached hydrogens (tertiary/aromatic N) is 2. The number of hydrogen-bond acceptors (Lipinski definition) is 4. The second-order valence-electron chi connectivity index (χ2n) is 8.22. The zero-order valence-corrected chi connectivity index (χ0v) is 17.5. The van der Waals surface area contributed by atoms with E-state index in [1.54, 1.807) is 19.1 Å². The molecule has 4 rings (SSSR count). The first kappa shape index (κ1) is 21.2. The molecule has 0 bridgehead atoms. The third-order valence-corrected chi connectivity index (χ3v) is 6.26.